The molecule has 7 nitrogen and oxygen atoms in total. The van der Waals surface area contributed by atoms with E-state index >= 15 is 0 Å². The highest BCUT2D eigenvalue weighted by Crippen LogP contribution is 2.21. The standard InChI is InChI=1S/C17H22N4O3/c1-12-5-7-13(8-6-12)14-9-16(24-19-14)18-15(22)10-21(4)11-17(23)20(2)3/h5-9H,10-11H2,1-4H3,(H,18,22)/p+1. The van der Waals surface area contributed by atoms with Gasteiger partial charge >= 0.3 is 0 Å². The van der Waals surface area contributed by atoms with Gasteiger partial charge in [-0.05, 0) is 6.92 Å². The lowest BCUT2D eigenvalue weighted by Gasteiger charge is -2.15. The van der Waals surface area contributed by atoms with E-state index in [1.54, 1.807) is 27.2 Å². The third-order valence-electron chi connectivity index (χ3n) is 3.53. The summed E-state index contributed by atoms with van der Waals surface area (Å²) in [5.74, 6) is 0.0367. The number of rotatable bonds is 6. The molecule has 0 aliphatic rings. The van der Waals surface area contributed by atoms with Gasteiger partial charge in [-0.1, -0.05) is 35.0 Å². The lowest BCUT2D eigenvalue weighted by atomic mass is 10.1. The Kier molecular flexibility index (Phi) is 5.70. The zero-order valence-electron chi connectivity index (χ0n) is 14.4. The van der Waals surface area contributed by atoms with Crippen LogP contribution in [0.4, 0.5) is 5.88 Å². The SMILES string of the molecule is Cc1ccc(-c2cc(NC(=O)C[NH+](C)CC(=O)N(C)C)on2)cc1. The van der Waals surface area contributed by atoms with Crippen molar-refractivity contribution >= 4 is 17.7 Å². The number of nitrogens with one attached hydrogen (secondary N) is 2. The van der Waals surface area contributed by atoms with E-state index in [1.807, 2.05) is 31.2 Å². The van der Waals surface area contributed by atoms with Crippen LogP contribution in [-0.2, 0) is 9.59 Å². The van der Waals surface area contributed by atoms with Crippen molar-refractivity contribution in [3.05, 3.63) is 35.9 Å². The van der Waals surface area contributed by atoms with Crippen molar-refractivity contribution < 1.29 is 19.0 Å². The number of aryl methyl sites for hydroxylation is 1. The molecule has 0 radical (unpaired) electrons. The van der Waals surface area contributed by atoms with Gasteiger partial charge in [0.25, 0.3) is 11.8 Å². The summed E-state index contributed by atoms with van der Waals surface area (Å²) in [6, 6.07) is 9.56. The van der Waals surface area contributed by atoms with Gasteiger partial charge < -0.3 is 14.3 Å². The van der Waals surface area contributed by atoms with E-state index in [0.717, 1.165) is 16.0 Å². The Morgan fingerprint density at radius 1 is 1.21 bits per heavy atom. The van der Waals surface area contributed by atoms with Gasteiger partial charge in [0.1, 0.15) is 5.69 Å². The minimum absolute atomic E-state index is 0.0263. The van der Waals surface area contributed by atoms with Gasteiger partial charge in [0.15, 0.2) is 13.1 Å². The number of amides is 2. The van der Waals surface area contributed by atoms with E-state index in [-0.39, 0.29) is 24.9 Å². The molecule has 1 heterocycles. The number of hydrogen-bond acceptors (Lipinski definition) is 4. The topological polar surface area (TPSA) is 79.9 Å². The monoisotopic (exact) mass is 331 g/mol. The summed E-state index contributed by atoms with van der Waals surface area (Å²) in [6.45, 7) is 2.43. The number of aromatic nitrogens is 1. The van der Waals surface area contributed by atoms with E-state index in [9.17, 15) is 9.59 Å². The Labute approximate surface area is 141 Å². The molecule has 7 heteroatoms. The second kappa shape index (κ2) is 7.74. The highest BCUT2D eigenvalue weighted by Gasteiger charge is 2.17. The fourth-order valence-electron chi connectivity index (χ4n) is 2.13. The Bertz CT molecular complexity index is 707. The third-order valence-corrected chi connectivity index (χ3v) is 3.53. The number of nitrogens with zero attached hydrogens (tertiary/aromatic N) is 2. The van der Waals surface area contributed by atoms with Crippen LogP contribution in [0.5, 0.6) is 0 Å². The molecule has 2 amide bonds. The van der Waals surface area contributed by atoms with Gasteiger partial charge in [-0.2, -0.15) is 0 Å². The second-order valence-electron chi connectivity index (χ2n) is 6.09. The molecule has 1 unspecified atom stereocenters. The molecule has 0 aliphatic carbocycles. The lowest BCUT2D eigenvalue weighted by Crippen LogP contribution is -3.11. The Morgan fingerprint density at radius 2 is 1.88 bits per heavy atom. The number of quaternary nitrogens is 1. The number of hydrogen-bond donors (Lipinski definition) is 2. The first-order chi connectivity index (χ1) is 11.3. The molecule has 1 atom stereocenters. The van der Waals surface area contributed by atoms with Crippen LogP contribution in [-0.4, -0.2) is 56.1 Å². The molecule has 0 bridgehead atoms. The molecule has 0 spiro atoms. The van der Waals surface area contributed by atoms with E-state index < -0.39 is 0 Å². The Hall–Kier alpha value is -2.67. The molecule has 2 rings (SSSR count). The number of carbonyl (C=O) groups excluding carboxylic acids is 2. The Morgan fingerprint density at radius 3 is 2.50 bits per heavy atom. The van der Waals surface area contributed by atoms with Crippen molar-refractivity contribution in [1.29, 1.82) is 0 Å². The fraction of sp³-hybridized carbons (Fsp3) is 0.353. The molecule has 0 fully saturated rings. The van der Waals surface area contributed by atoms with Gasteiger partial charge in [0.05, 0.1) is 7.05 Å². The molecule has 1 aromatic heterocycles. The molecule has 0 saturated heterocycles. The summed E-state index contributed by atoms with van der Waals surface area (Å²) in [5, 5.41) is 6.63. The molecule has 2 aromatic rings. The average molecular weight is 331 g/mol. The van der Waals surface area contributed by atoms with Gasteiger partial charge in [-0.3, -0.25) is 14.9 Å². The highest BCUT2D eigenvalue weighted by atomic mass is 16.5. The average Bonchev–Trinajstić information content (AvgIpc) is 2.95. The summed E-state index contributed by atoms with van der Waals surface area (Å²) < 4.78 is 5.15. The van der Waals surface area contributed by atoms with Crippen molar-refractivity contribution in [2.75, 3.05) is 39.5 Å². The lowest BCUT2D eigenvalue weighted by molar-refractivity contribution is -0.862. The van der Waals surface area contributed by atoms with Crippen molar-refractivity contribution in [1.82, 2.24) is 10.1 Å². The van der Waals surface area contributed by atoms with Crippen LogP contribution < -0.4 is 10.2 Å². The smallest absolute Gasteiger partial charge is 0.281 e. The van der Waals surface area contributed by atoms with Crippen LogP contribution in [0.25, 0.3) is 11.3 Å². The first-order valence-corrected chi connectivity index (χ1v) is 7.70. The highest BCUT2D eigenvalue weighted by molar-refractivity contribution is 5.90. The van der Waals surface area contributed by atoms with Crippen LogP contribution in [0.3, 0.4) is 0 Å². The van der Waals surface area contributed by atoms with E-state index in [2.05, 4.69) is 10.5 Å². The summed E-state index contributed by atoms with van der Waals surface area (Å²) in [4.78, 5) is 25.9. The van der Waals surface area contributed by atoms with Gasteiger partial charge in [0.2, 0.25) is 5.88 Å². The third kappa shape index (κ3) is 4.92. The van der Waals surface area contributed by atoms with Gasteiger partial charge in [-0.15, -0.1) is 0 Å². The molecule has 128 valence electrons. The number of anilines is 1. The quantitative estimate of drug-likeness (QED) is 0.792. The first-order valence-electron chi connectivity index (χ1n) is 7.70. The van der Waals surface area contributed by atoms with Crippen LogP contribution in [0.15, 0.2) is 34.9 Å². The van der Waals surface area contributed by atoms with Gasteiger partial charge in [0, 0.05) is 25.7 Å². The maximum atomic E-state index is 12.0. The van der Waals surface area contributed by atoms with E-state index in [4.69, 9.17) is 4.52 Å². The number of likely N-dealkylation sites (N-methyl/N-ethyl adjacent to an activating group) is 2. The minimum atomic E-state index is -0.231. The van der Waals surface area contributed by atoms with Crippen LogP contribution in [0.1, 0.15) is 5.56 Å². The molecular formula is C17H23N4O3+. The van der Waals surface area contributed by atoms with Crippen LogP contribution in [0, 0.1) is 6.92 Å². The predicted molar refractivity (Wildman–Crippen MR) is 90.6 cm³/mol. The zero-order chi connectivity index (χ0) is 17.7. The summed E-state index contributed by atoms with van der Waals surface area (Å²) in [7, 11) is 5.17. The van der Waals surface area contributed by atoms with Gasteiger partial charge in [-0.25, -0.2) is 0 Å². The molecule has 1 aromatic carbocycles. The normalized spacial score (nSPS) is 11.8. The van der Waals surface area contributed by atoms with E-state index in [0.29, 0.717) is 11.6 Å². The predicted octanol–water partition coefficient (Wildman–Crippen LogP) is 0.191. The molecular weight excluding hydrogens is 308 g/mol. The van der Waals surface area contributed by atoms with Crippen molar-refractivity contribution in [3.8, 4) is 11.3 Å². The summed E-state index contributed by atoms with van der Waals surface area (Å²) in [5.41, 5.74) is 2.74. The Balaban J connectivity index is 1.91. The summed E-state index contributed by atoms with van der Waals surface area (Å²) >= 11 is 0. The largest absolute Gasteiger partial charge is 0.344 e. The van der Waals surface area contributed by atoms with Crippen LogP contribution >= 0.6 is 0 Å². The maximum absolute atomic E-state index is 12.0. The van der Waals surface area contributed by atoms with Crippen molar-refractivity contribution in [2.45, 2.75) is 6.92 Å². The first kappa shape index (κ1) is 17.7. The molecule has 0 saturated carbocycles. The zero-order valence-corrected chi connectivity index (χ0v) is 14.4. The minimum Gasteiger partial charge on any atom is -0.344 e. The summed E-state index contributed by atoms with van der Waals surface area (Å²) in [6.07, 6.45) is 0. The van der Waals surface area contributed by atoms with E-state index in [1.165, 1.54) is 4.90 Å². The molecule has 24 heavy (non-hydrogen) atoms. The number of benzene rings is 1. The molecule has 2 N–H and O–H groups in total. The fourth-order valence-corrected chi connectivity index (χ4v) is 2.13. The second-order valence-corrected chi connectivity index (χ2v) is 6.09. The molecule has 0 aliphatic heterocycles. The maximum Gasteiger partial charge on any atom is 0.281 e. The van der Waals surface area contributed by atoms with Crippen LogP contribution in [0.2, 0.25) is 0 Å². The van der Waals surface area contributed by atoms with Crippen molar-refractivity contribution in [2.24, 2.45) is 0 Å². The number of carbonyl (C=O) groups is 2. The van der Waals surface area contributed by atoms with Crippen molar-refractivity contribution in [3.63, 3.8) is 0 Å².